The molecule has 6 nitrogen and oxygen atoms in total. The molecule has 0 saturated carbocycles. The molecule has 0 radical (unpaired) electrons. The van der Waals surface area contributed by atoms with Crippen LogP contribution in [0.5, 0.6) is 0 Å². The molecule has 1 aliphatic rings. The Hall–Kier alpha value is -1.85. The molecule has 0 unspecified atom stereocenters. The first kappa shape index (κ1) is 14.6. The fourth-order valence-electron chi connectivity index (χ4n) is 2.48. The Kier molecular flexibility index (Phi) is 4.42. The molecular formula is C14H22N4O2. The number of nitrogens with one attached hydrogen (secondary N) is 1. The molecule has 0 aromatic carbocycles. The Bertz CT molecular complexity index is 538. The molecule has 1 aliphatic heterocycles. The molecule has 1 aromatic rings. The molecule has 0 aliphatic carbocycles. The van der Waals surface area contributed by atoms with Gasteiger partial charge in [0.1, 0.15) is 0 Å². The van der Waals surface area contributed by atoms with Crippen LogP contribution in [0.4, 0.5) is 5.95 Å². The summed E-state index contributed by atoms with van der Waals surface area (Å²) in [5.41, 5.74) is 0.640. The van der Waals surface area contributed by atoms with Crippen molar-refractivity contribution < 1.29 is 4.79 Å². The minimum absolute atomic E-state index is 0.142. The predicted octanol–water partition coefficient (Wildman–Crippen LogP) is 0.952. The summed E-state index contributed by atoms with van der Waals surface area (Å²) in [7, 11) is 3.68. The monoisotopic (exact) mass is 278 g/mol. The van der Waals surface area contributed by atoms with Crippen molar-refractivity contribution in [3.8, 4) is 0 Å². The van der Waals surface area contributed by atoms with Crippen LogP contribution in [0, 0.1) is 0 Å². The van der Waals surface area contributed by atoms with Crippen LogP contribution in [0.25, 0.3) is 0 Å². The molecule has 1 atom stereocenters. The van der Waals surface area contributed by atoms with Gasteiger partial charge in [-0.15, -0.1) is 0 Å². The normalized spacial score (nSPS) is 18.4. The zero-order valence-corrected chi connectivity index (χ0v) is 12.3. The second-order valence-corrected chi connectivity index (χ2v) is 5.46. The lowest BCUT2D eigenvalue weighted by molar-refractivity contribution is -0.130. The van der Waals surface area contributed by atoms with E-state index >= 15 is 0 Å². The van der Waals surface area contributed by atoms with E-state index in [-0.39, 0.29) is 17.4 Å². The summed E-state index contributed by atoms with van der Waals surface area (Å²) in [6.07, 6.45) is 2.34. The SMILES string of the molecule is CCCC(=O)N1CC[C@H](c2cc(=O)[nH]c(N(C)C)n2)C1. The maximum absolute atomic E-state index is 11.9. The molecule has 6 heteroatoms. The topological polar surface area (TPSA) is 69.3 Å². The van der Waals surface area contributed by atoms with Gasteiger partial charge in [0.05, 0.1) is 5.69 Å². The third-order valence-electron chi connectivity index (χ3n) is 3.60. The fourth-order valence-corrected chi connectivity index (χ4v) is 2.48. The number of hydrogen-bond acceptors (Lipinski definition) is 4. The first-order valence-corrected chi connectivity index (χ1v) is 7.07. The third-order valence-corrected chi connectivity index (χ3v) is 3.60. The number of likely N-dealkylation sites (tertiary alicyclic amines) is 1. The van der Waals surface area contributed by atoms with Crippen molar-refractivity contribution in [2.45, 2.75) is 32.1 Å². The van der Waals surface area contributed by atoms with Gasteiger partial charge in [-0.25, -0.2) is 4.98 Å². The number of anilines is 1. The Morgan fingerprint density at radius 3 is 2.95 bits per heavy atom. The number of carbonyl (C=O) groups excluding carboxylic acids is 1. The number of H-pyrrole nitrogens is 1. The van der Waals surface area contributed by atoms with Crippen molar-refractivity contribution >= 4 is 11.9 Å². The standard InChI is InChI=1S/C14H22N4O2/c1-4-5-13(20)18-7-6-10(9-18)11-8-12(19)16-14(15-11)17(2)3/h8,10H,4-7,9H2,1-3H3,(H,15,16,19)/t10-/m0/s1. The van der Waals surface area contributed by atoms with Crippen LogP contribution in [0.2, 0.25) is 0 Å². The summed E-state index contributed by atoms with van der Waals surface area (Å²) in [6.45, 7) is 3.44. The molecule has 20 heavy (non-hydrogen) atoms. The first-order chi connectivity index (χ1) is 9.51. The zero-order chi connectivity index (χ0) is 14.7. The van der Waals surface area contributed by atoms with Crippen molar-refractivity contribution in [3.63, 3.8) is 0 Å². The van der Waals surface area contributed by atoms with Crippen LogP contribution < -0.4 is 10.5 Å². The molecular weight excluding hydrogens is 256 g/mol. The lowest BCUT2D eigenvalue weighted by Crippen LogP contribution is -2.28. The van der Waals surface area contributed by atoms with Gasteiger partial charge in [-0.2, -0.15) is 0 Å². The highest BCUT2D eigenvalue weighted by Gasteiger charge is 2.28. The number of aromatic nitrogens is 2. The Balaban J connectivity index is 2.14. The van der Waals surface area contributed by atoms with E-state index in [1.165, 1.54) is 0 Å². The first-order valence-electron chi connectivity index (χ1n) is 7.07. The van der Waals surface area contributed by atoms with Gasteiger partial charge in [0.2, 0.25) is 11.9 Å². The van der Waals surface area contributed by atoms with Gasteiger partial charge in [-0.05, 0) is 12.8 Å². The maximum atomic E-state index is 11.9. The largest absolute Gasteiger partial charge is 0.348 e. The van der Waals surface area contributed by atoms with Gasteiger partial charge in [-0.1, -0.05) is 6.92 Å². The van der Waals surface area contributed by atoms with Crippen molar-refractivity contribution in [2.24, 2.45) is 0 Å². The molecule has 2 rings (SSSR count). The second kappa shape index (κ2) is 6.07. The smallest absolute Gasteiger partial charge is 0.252 e. The highest BCUT2D eigenvalue weighted by molar-refractivity contribution is 5.76. The molecule has 0 spiro atoms. The van der Waals surface area contributed by atoms with E-state index in [2.05, 4.69) is 9.97 Å². The van der Waals surface area contributed by atoms with E-state index in [0.29, 0.717) is 18.9 Å². The average molecular weight is 278 g/mol. The van der Waals surface area contributed by atoms with Crippen LogP contribution in [-0.4, -0.2) is 48.0 Å². The minimum atomic E-state index is -0.142. The van der Waals surface area contributed by atoms with Gasteiger partial charge >= 0.3 is 0 Å². The number of hydrogen-bond donors (Lipinski definition) is 1. The lowest BCUT2D eigenvalue weighted by atomic mass is 10.1. The van der Waals surface area contributed by atoms with E-state index < -0.39 is 0 Å². The van der Waals surface area contributed by atoms with Gasteiger partial charge in [0.25, 0.3) is 5.56 Å². The minimum Gasteiger partial charge on any atom is -0.348 e. The Labute approximate surface area is 118 Å². The van der Waals surface area contributed by atoms with Crippen molar-refractivity contribution in [1.29, 1.82) is 0 Å². The summed E-state index contributed by atoms with van der Waals surface area (Å²) in [4.78, 5) is 34.4. The molecule has 0 bridgehead atoms. The number of carbonyl (C=O) groups is 1. The predicted molar refractivity (Wildman–Crippen MR) is 78.0 cm³/mol. The van der Waals surface area contributed by atoms with Gasteiger partial charge in [0, 0.05) is 45.6 Å². The van der Waals surface area contributed by atoms with E-state index in [1.807, 2.05) is 25.9 Å². The van der Waals surface area contributed by atoms with Crippen LogP contribution in [0.15, 0.2) is 10.9 Å². The molecule has 1 fully saturated rings. The van der Waals surface area contributed by atoms with Crippen LogP contribution in [-0.2, 0) is 4.79 Å². The van der Waals surface area contributed by atoms with E-state index in [4.69, 9.17) is 0 Å². The third kappa shape index (κ3) is 3.18. The zero-order valence-electron chi connectivity index (χ0n) is 12.3. The summed E-state index contributed by atoms with van der Waals surface area (Å²) in [5.74, 6) is 0.926. The van der Waals surface area contributed by atoms with E-state index in [0.717, 1.165) is 25.1 Å². The number of aromatic amines is 1. The van der Waals surface area contributed by atoms with Gasteiger partial charge in [0.15, 0.2) is 0 Å². The Morgan fingerprint density at radius 1 is 1.55 bits per heavy atom. The van der Waals surface area contributed by atoms with Crippen LogP contribution in [0.3, 0.4) is 0 Å². The summed E-state index contributed by atoms with van der Waals surface area (Å²) < 4.78 is 0. The second-order valence-electron chi connectivity index (χ2n) is 5.46. The van der Waals surface area contributed by atoms with Crippen molar-refractivity contribution in [1.82, 2.24) is 14.9 Å². The molecule has 2 heterocycles. The lowest BCUT2D eigenvalue weighted by Gasteiger charge is -2.17. The molecule has 1 N–H and O–H groups in total. The van der Waals surface area contributed by atoms with E-state index in [1.54, 1.807) is 11.0 Å². The van der Waals surface area contributed by atoms with Crippen LogP contribution >= 0.6 is 0 Å². The quantitative estimate of drug-likeness (QED) is 0.890. The molecule has 1 saturated heterocycles. The van der Waals surface area contributed by atoms with Crippen molar-refractivity contribution in [2.75, 3.05) is 32.1 Å². The summed E-state index contributed by atoms with van der Waals surface area (Å²) >= 11 is 0. The average Bonchev–Trinajstić information content (AvgIpc) is 2.88. The highest BCUT2D eigenvalue weighted by Crippen LogP contribution is 2.26. The highest BCUT2D eigenvalue weighted by atomic mass is 16.2. The van der Waals surface area contributed by atoms with E-state index in [9.17, 15) is 9.59 Å². The van der Waals surface area contributed by atoms with Crippen molar-refractivity contribution in [3.05, 3.63) is 22.1 Å². The maximum Gasteiger partial charge on any atom is 0.252 e. The summed E-state index contributed by atoms with van der Waals surface area (Å²) in [5, 5.41) is 0. The number of rotatable bonds is 4. The number of amides is 1. The molecule has 110 valence electrons. The fraction of sp³-hybridized carbons (Fsp3) is 0.643. The van der Waals surface area contributed by atoms with Gasteiger partial charge in [-0.3, -0.25) is 14.6 Å². The van der Waals surface area contributed by atoms with Gasteiger partial charge < -0.3 is 9.80 Å². The van der Waals surface area contributed by atoms with Crippen LogP contribution in [0.1, 0.15) is 37.8 Å². The summed E-state index contributed by atoms with van der Waals surface area (Å²) in [6, 6.07) is 1.55. The molecule has 1 aromatic heterocycles. The molecule has 1 amide bonds. The Morgan fingerprint density at radius 2 is 2.30 bits per heavy atom. The number of nitrogens with zero attached hydrogens (tertiary/aromatic N) is 3.